The van der Waals surface area contributed by atoms with Gasteiger partial charge in [-0.05, 0) is 25.0 Å². The first-order valence-electron chi connectivity index (χ1n) is 8.34. The zero-order valence-electron chi connectivity index (χ0n) is 14.4. The summed E-state index contributed by atoms with van der Waals surface area (Å²) < 4.78 is 1.26. The van der Waals surface area contributed by atoms with Crippen molar-refractivity contribution in [3.63, 3.8) is 0 Å². The van der Waals surface area contributed by atoms with E-state index in [0.717, 1.165) is 29.5 Å². The van der Waals surface area contributed by atoms with Crippen LogP contribution in [0.2, 0.25) is 0 Å². The normalized spacial score (nSPS) is 10.8. The van der Waals surface area contributed by atoms with Crippen LogP contribution >= 0.6 is 0 Å². The van der Waals surface area contributed by atoms with Crippen LogP contribution in [0.25, 0.3) is 11.0 Å². The van der Waals surface area contributed by atoms with E-state index in [1.807, 2.05) is 19.1 Å². The average Bonchev–Trinajstić information content (AvgIpc) is 2.63. The molecule has 0 radical (unpaired) electrons. The van der Waals surface area contributed by atoms with E-state index in [2.05, 4.69) is 27.2 Å². The number of aryl methyl sites for hydroxylation is 1. The van der Waals surface area contributed by atoms with Crippen molar-refractivity contribution in [3.05, 3.63) is 58.5 Å². The third kappa shape index (κ3) is 3.76. The Morgan fingerprint density at radius 3 is 2.96 bits per heavy atom. The van der Waals surface area contributed by atoms with Crippen molar-refractivity contribution in [1.82, 2.24) is 19.7 Å². The van der Waals surface area contributed by atoms with Gasteiger partial charge in [-0.2, -0.15) is 0 Å². The molecule has 0 bridgehead atoms. The molecule has 0 saturated carbocycles. The predicted octanol–water partition coefficient (Wildman–Crippen LogP) is 2.34. The van der Waals surface area contributed by atoms with Crippen molar-refractivity contribution >= 4 is 16.7 Å². The van der Waals surface area contributed by atoms with Gasteiger partial charge in [-0.15, -0.1) is 4.73 Å². The molecule has 0 unspecified atom stereocenters. The largest absolute Gasteiger partial charge is 0.409 e. The van der Waals surface area contributed by atoms with E-state index >= 15 is 0 Å². The number of pyridine rings is 2. The molecule has 0 amide bonds. The lowest BCUT2D eigenvalue weighted by Crippen LogP contribution is -2.29. The molecule has 0 fully saturated rings. The molecule has 7 heteroatoms. The second-order valence-electron chi connectivity index (χ2n) is 5.75. The van der Waals surface area contributed by atoms with E-state index in [9.17, 15) is 4.79 Å². The molecule has 3 aromatic heterocycles. The van der Waals surface area contributed by atoms with Crippen LogP contribution in [0.3, 0.4) is 0 Å². The fourth-order valence-corrected chi connectivity index (χ4v) is 2.55. The van der Waals surface area contributed by atoms with Crippen molar-refractivity contribution < 1.29 is 4.84 Å². The molecule has 0 aliphatic rings. The number of rotatable bonds is 7. The summed E-state index contributed by atoms with van der Waals surface area (Å²) >= 11 is 0. The molecule has 0 saturated heterocycles. The summed E-state index contributed by atoms with van der Waals surface area (Å²) in [4.78, 5) is 30.8. The number of hydrogen-bond donors (Lipinski definition) is 1. The van der Waals surface area contributed by atoms with Gasteiger partial charge in [-0.25, -0.2) is 9.97 Å². The zero-order chi connectivity index (χ0) is 17.6. The Bertz CT molecular complexity index is 908. The van der Waals surface area contributed by atoms with Crippen LogP contribution in [0.1, 0.15) is 31.0 Å². The number of fused-ring (bicyclic) bond motifs is 1. The summed E-state index contributed by atoms with van der Waals surface area (Å²) in [6.45, 7) is 4.98. The maximum Gasteiger partial charge on any atom is 0.287 e. The highest BCUT2D eigenvalue weighted by Crippen LogP contribution is 2.22. The Kier molecular flexibility index (Phi) is 5.23. The molecule has 7 nitrogen and oxygen atoms in total. The molecule has 3 heterocycles. The summed E-state index contributed by atoms with van der Waals surface area (Å²) in [5, 5.41) is 4.07. The Hall–Kier alpha value is -2.96. The summed E-state index contributed by atoms with van der Waals surface area (Å²) in [6, 6.07) is 5.38. The van der Waals surface area contributed by atoms with Gasteiger partial charge < -0.3 is 10.2 Å². The fraction of sp³-hybridized carbons (Fsp3) is 0.333. The molecule has 130 valence electrons. The Morgan fingerprint density at radius 2 is 2.20 bits per heavy atom. The number of aromatic nitrogens is 4. The Labute approximate surface area is 145 Å². The number of nitrogens with zero attached hydrogens (tertiary/aromatic N) is 4. The maximum atomic E-state index is 12.5. The van der Waals surface area contributed by atoms with Gasteiger partial charge >= 0.3 is 0 Å². The van der Waals surface area contributed by atoms with E-state index in [0.29, 0.717) is 24.5 Å². The van der Waals surface area contributed by atoms with Crippen LogP contribution in [0.5, 0.6) is 0 Å². The van der Waals surface area contributed by atoms with E-state index < -0.39 is 0 Å². The molecule has 25 heavy (non-hydrogen) atoms. The second kappa shape index (κ2) is 7.74. The molecule has 3 rings (SSSR count). The van der Waals surface area contributed by atoms with Crippen molar-refractivity contribution in [1.29, 1.82) is 0 Å². The first kappa shape index (κ1) is 16.9. The van der Waals surface area contributed by atoms with Gasteiger partial charge in [0.2, 0.25) is 0 Å². The quantitative estimate of drug-likeness (QED) is 0.665. The predicted molar refractivity (Wildman–Crippen MR) is 96.5 cm³/mol. The van der Waals surface area contributed by atoms with E-state index in [4.69, 9.17) is 4.84 Å². The molecule has 0 aliphatic heterocycles. The first-order chi connectivity index (χ1) is 12.2. The third-order valence-corrected chi connectivity index (χ3v) is 3.87. The minimum atomic E-state index is -0.254. The topological polar surface area (TPSA) is 81.9 Å². The van der Waals surface area contributed by atoms with Crippen molar-refractivity contribution in [2.24, 2.45) is 0 Å². The minimum Gasteiger partial charge on any atom is -0.409 e. The minimum absolute atomic E-state index is 0.254. The van der Waals surface area contributed by atoms with Crippen molar-refractivity contribution in [2.75, 3.05) is 11.9 Å². The Balaban J connectivity index is 1.98. The van der Waals surface area contributed by atoms with Gasteiger partial charge in [-0.3, -0.25) is 9.78 Å². The van der Waals surface area contributed by atoms with Crippen LogP contribution in [0.15, 0.2) is 41.7 Å². The highest BCUT2D eigenvalue weighted by atomic mass is 16.7. The van der Waals surface area contributed by atoms with Crippen molar-refractivity contribution in [3.8, 4) is 0 Å². The summed E-state index contributed by atoms with van der Waals surface area (Å²) in [6.07, 6.45) is 6.82. The number of nitrogens with one attached hydrogen (secondary N) is 1. The number of hydrogen-bond acceptors (Lipinski definition) is 6. The van der Waals surface area contributed by atoms with Crippen molar-refractivity contribution in [2.45, 2.75) is 33.2 Å². The second-order valence-corrected chi connectivity index (χ2v) is 5.75. The highest BCUT2D eigenvalue weighted by molar-refractivity contribution is 5.90. The summed E-state index contributed by atoms with van der Waals surface area (Å²) in [5.74, 6) is 0. The smallest absolute Gasteiger partial charge is 0.287 e. The zero-order valence-corrected chi connectivity index (χ0v) is 14.4. The molecule has 3 aromatic rings. The molecule has 1 N–H and O–H groups in total. The monoisotopic (exact) mass is 339 g/mol. The first-order valence-corrected chi connectivity index (χ1v) is 8.34. The van der Waals surface area contributed by atoms with Gasteiger partial charge in [-0.1, -0.05) is 19.4 Å². The highest BCUT2D eigenvalue weighted by Gasteiger charge is 2.14. The summed E-state index contributed by atoms with van der Waals surface area (Å²) in [7, 11) is 0. The lowest BCUT2D eigenvalue weighted by atomic mass is 10.2. The van der Waals surface area contributed by atoms with E-state index in [1.54, 1.807) is 12.4 Å². The number of unbranched alkanes of at least 4 members (excludes halogenated alkanes) is 1. The van der Waals surface area contributed by atoms with Crippen LogP contribution in [-0.2, 0) is 6.54 Å². The standard InChI is InChI=1S/C18H21N5O2/c1-3-4-8-25-23-16(24)9-15(17-13(2)21-12-22-18(17)23)20-11-14-6-5-7-19-10-14/h5-7,9-10,12,20H,3-4,8,11H2,1-2H3. The molecular formula is C18H21N5O2. The van der Waals surface area contributed by atoms with Crippen LogP contribution < -0.4 is 15.7 Å². The van der Waals surface area contributed by atoms with Crippen LogP contribution in [-0.4, -0.2) is 26.3 Å². The molecule has 0 atom stereocenters. The lowest BCUT2D eigenvalue weighted by molar-refractivity contribution is 0.108. The molecular weight excluding hydrogens is 318 g/mol. The van der Waals surface area contributed by atoms with Gasteiger partial charge in [0.25, 0.3) is 5.56 Å². The average molecular weight is 339 g/mol. The van der Waals surface area contributed by atoms with E-state index in [1.165, 1.54) is 17.1 Å². The lowest BCUT2D eigenvalue weighted by Gasteiger charge is -2.15. The van der Waals surface area contributed by atoms with Gasteiger partial charge in [0.1, 0.15) is 12.9 Å². The molecule has 0 aromatic carbocycles. The SMILES string of the molecule is CCCCOn1c(=O)cc(NCc2cccnc2)c2c(C)ncnc21. The number of anilines is 1. The molecule has 0 aliphatic carbocycles. The Morgan fingerprint density at radius 1 is 1.32 bits per heavy atom. The van der Waals surface area contributed by atoms with Crippen LogP contribution in [0, 0.1) is 6.92 Å². The van der Waals surface area contributed by atoms with Gasteiger partial charge in [0, 0.05) is 25.0 Å². The maximum absolute atomic E-state index is 12.5. The molecule has 0 spiro atoms. The van der Waals surface area contributed by atoms with Crippen LogP contribution in [0.4, 0.5) is 5.69 Å². The van der Waals surface area contributed by atoms with Gasteiger partial charge in [0.15, 0.2) is 5.65 Å². The fourth-order valence-electron chi connectivity index (χ4n) is 2.55. The third-order valence-electron chi connectivity index (χ3n) is 3.87. The van der Waals surface area contributed by atoms with Gasteiger partial charge in [0.05, 0.1) is 16.8 Å². The summed E-state index contributed by atoms with van der Waals surface area (Å²) in [5.41, 5.74) is 2.72. The van der Waals surface area contributed by atoms with E-state index in [-0.39, 0.29) is 5.56 Å².